The SMILES string of the molecule is O=C(COc1ccc(Cl)c(C(=O)O)c1)NC1CCCCC1. The molecule has 1 fully saturated rings. The van der Waals surface area contributed by atoms with Gasteiger partial charge in [-0.15, -0.1) is 0 Å². The van der Waals surface area contributed by atoms with E-state index < -0.39 is 5.97 Å². The lowest BCUT2D eigenvalue weighted by Crippen LogP contribution is -2.38. The van der Waals surface area contributed by atoms with E-state index in [9.17, 15) is 9.59 Å². The summed E-state index contributed by atoms with van der Waals surface area (Å²) in [6.07, 6.45) is 5.53. The molecule has 0 unspecified atom stereocenters. The molecular weight excluding hydrogens is 294 g/mol. The summed E-state index contributed by atoms with van der Waals surface area (Å²) in [6, 6.07) is 4.54. The Hall–Kier alpha value is -1.75. The van der Waals surface area contributed by atoms with Crippen LogP contribution in [0.4, 0.5) is 0 Å². The largest absolute Gasteiger partial charge is 0.484 e. The summed E-state index contributed by atoms with van der Waals surface area (Å²) >= 11 is 5.77. The lowest BCUT2D eigenvalue weighted by Gasteiger charge is -2.22. The second kappa shape index (κ2) is 7.31. The molecular formula is C15H18ClNO4. The average Bonchev–Trinajstić information content (AvgIpc) is 2.47. The first-order valence-corrected chi connectivity index (χ1v) is 7.39. The Labute approximate surface area is 128 Å². The molecule has 0 aromatic heterocycles. The van der Waals surface area contributed by atoms with E-state index in [1.807, 2.05) is 0 Å². The van der Waals surface area contributed by atoms with E-state index >= 15 is 0 Å². The molecule has 1 aromatic carbocycles. The summed E-state index contributed by atoms with van der Waals surface area (Å²) < 4.78 is 5.32. The van der Waals surface area contributed by atoms with Crippen molar-refractivity contribution < 1.29 is 19.4 Å². The lowest BCUT2D eigenvalue weighted by molar-refractivity contribution is -0.124. The molecule has 21 heavy (non-hydrogen) atoms. The molecule has 1 aliphatic rings. The van der Waals surface area contributed by atoms with Gasteiger partial charge in [-0.25, -0.2) is 4.79 Å². The Balaban J connectivity index is 1.86. The molecule has 6 heteroatoms. The van der Waals surface area contributed by atoms with E-state index in [4.69, 9.17) is 21.4 Å². The Morgan fingerprint density at radius 3 is 2.67 bits per heavy atom. The summed E-state index contributed by atoms with van der Waals surface area (Å²) in [6.45, 7) is -0.128. The molecule has 0 saturated heterocycles. The number of carbonyl (C=O) groups is 2. The predicted molar refractivity (Wildman–Crippen MR) is 78.9 cm³/mol. The second-order valence-electron chi connectivity index (χ2n) is 5.14. The molecule has 2 rings (SSSR count). The van der Waals surface area contributed by atoms with Gasteiger partial charge >= 0.3 is 5.97 Å². The van der Waals surface area contributed by atoms with E-state index in [1.165, 1.54) is 18.6 Å². The number of hydrogen-bond donors (Lipinski definition) is 2. The van der Waals surface area contributed by atoms with Crippen LogP contribution in [0.1, 0.15) is 42.5 Å². The number of rotatable bonds is 5. The Bertz CT molecular complexity index is 526. The van der Waals surface area contributed by atoms with Crippen LogP contribution in [0, 0.1) is 0 Å². The molecule has 1 aromatic rings. The third-order valence-electron chi connectivity index (χ3n) is 3.51. The van der Waals surface area contributed by atoms with Gasteiger partial charge in [-0.05, 0) is 31.0 Å². The van der Waals surface area contributed by atoms with Gasteiger partial charge in [-0.1, -0.05) is 30.9 Å². The van der Waals surface area contributed by atoms with Gasteiger partial charge in [0.15, 0.2) is 6.61 Å². The quantitative estimate of drug-likeness (QED) is 0.876. The van der Waals surface area contributed by atoms with Crippen molar-refractivity contribution in [3.8, 4) is 5.75 Å². The molecule has 0 heterocycles. The van der Waals surface area contributed by atoms with Crippen molar-refractivity contribution >= 4 is 23.5 Å². The van der Waals surface area contributed by atoms with Crippen LogP contribution in [0.2, 0.25) is 5.02 Å². The first kappa shape index (κ1) is 15.6. The molecule has 0 radical (unpaired) electrons. The van der Waals surface area contributed by atoms with Gasteiger partial charge in [0.25, 0.3) is 5.91 Å². The van der Waals surface area contributed by atoms with Crippen LogP contribution in [0.15, 0.2) is 18.2 Å². The van der Waals surface area contributed by atoms with Crippen LogP contribution in [-0.4, -0.2) is 29.6 Å². The van der Waals surface area contributed by atoms with Crippen molar-refractivity contribution in [2.24, 2.45) is 0 Å². The molecule has 1 aliphatic carbocycles. The van der Waals surface area contributed by atoms with Crippen molar-refractivity contribution in [3.63, 3.8) is 0 Å². The Kier molecular flexibility index (Phi) is 5.44. The van der Waals surface area contributed by atoms with Crippen LogP contribution in [-0.2, 0) is 4.79 Å². The van der Waals surface area contributed by atoms with Crippen LogP contribution >= 0.6 is 11.6 Å². The fourth-order valence-electron chi connectivity index (χ4n) is 2.42. The first-order chi connectivity index (χ1) is 10.1. The molecule has 0 atom stereocenters. The highest BCUT2D eigenvalue weighted by Gasteiger charge is 2.16. The summed E-state index contributed by atoms with van der Waals surface area (Å²) in [5, 5.41) is 12.0. The topological polar surface area (TPSA) is 75.6 Å². The van der Waals surface area contributed by atoms with Crippen LogP contribution in [0.3, 0.4) is 0 Å². The van der Waals surface area contributed by atoms with Crippen molar-refractivity contribution in [2.45, 2.75) is 38.1 Å². The predicted octanol–water partition coefficient (Wildman–Crippen LogP) is 2.87. The number of carboxylic acids is 1. The maximum absolute atomic E-state index is 11.8. The van der Waals surface area contributed by atoms with Crippen molar-refractivity contribution in [3.05, 3.63) is 28.8 Å². The molecule has 2 N–H and O–H groups in total. The number of amides is 1. The highest BCUT2D eigenvalue weighted by Crippen LogP contribution is 2.22. The fourth-order valence-corrected chi connectivity index (χ4v) is 2.62. The average molecular weight is 312 g/mol. The minimum atomic E-state index is -1.13. The Morgan fingerprint density at radius 2 is 2.00 bits per heavy atom. The number of hydrogen-bond acceptors (Lipinski definition) is 3. The third kappa shape index (κ3) is 4.63. The molecule has 0 aliphatic heterocycles. The van der Waals surface area contributed by atoms with Gasteiger partial charge < -0.3 is 15.2 Å². The monoisotopic (exact) mass is 311 g/mol. The van der Waals surface area contributed by atoms with E-state index in [0.717, 1.165) is 25.7 Å². The van der Waals surface area contributed by atoms with Crippen LogP contribution in [0.25, 0.3) is 0 Å². The number of aromatic carboxylic acids is 1. The van der Waals surface area contributed by atoms with E-state index in [-0.39, 0.29) is 29.1 Å². The number of benzene rings is 1. The van der Waals surface area contributed by atoms with Gasteiger partial charge in [-0.2, -0.15) is 0 Å². The minimum absolute atomic E-state index is 0.0399. The molecule has 5 nitrogen and oxygen atoms in total. The number of ether oxygens (including phenoxy) is 1. The number of nitrogens with one attached hydrogen (secondary N) is 1. The standard InChI is InChI=1S/C15H18ClNO4/c16-13-7-6-11(8-12(13)15(19)20)21-9-14(18)17-10-4-2-1-3-5-10/h6-8,10H,1-5,9H2,(H,17,18)(H,19,20). The van der Waals surface area contributed by atoms with Gasteiger partial charge in [0, 0.05) is 6.04 Å². The lowest BCUT2D eigenvalue weighted by atomic mass is 9.95. The molecule has 1 amide bonds. The number of halogens is 1. The van der Waals surface area contributed by atoms with Crippen molar-refractivity contribution in [2.75, 3.05) is 6.61 Å². The number of carbonyl (C=O) groups excluding carboxylic acids is 1. The summed E-state index contributed by atoms with van der Waals surface area (Å²) in [5.74, 6) is -0.999. The van der Waals surface area contributed by atoms with Gasteiger partial charge in [0.1, 0.15) is 5.75 Å². The minimum Gasteiger partial charge on any atom is -0.484 e. The summed E-state index contributed by atoms with van der Waals surface area (Å²) in [4.78, 5) is 22.7. The van der Waals surface area contributed by atoms with Gasteiger partial charge in [-0.3, -0.25) is 4.79 Å². The van der Waals surface area contributed by atoms with Gasteiger partial charge in [0.2, 0.25) is 0 Å². The zero-order valence-electron chi connectivity index (χ0n) is 11.6. The summed E-state index contributed by atoms with van der Waals surface area (Å²) in [7, 11) is 0. The summed E-state index contributed by atoms with van der Waals surface area (Å²) in [5.41, 5.74) is -0.0399. The van der Waals surface area contributed by atoms with Crippen LogP contribution < -0.4 is 10.1 Å². The van der Waals surface area contributed by atoms with Crippen LogP contribution in [0.5, 0.6) is 5.75 Å². The molecule has 0 bridgehead atoms. The third-order valence-corrected chi connectivity index (χ3v) is 3.84. The first-order valence-electron chi connectivity index (χ1n) is 7.01. The fraction of sp³-hybridized carbons (Fsp3) is 0.467. The molecule has 114 valence electrons. The van der Waals surface area contributed by atoms with Crippen molar-refractivity contribution in [1.82, 2.24) is 5.32 Å². The van der Waals surface area contributed by atoms with E-state index in [0.29, 0.717) is 5.75 Å². The molecule has 0 spiro atoms. The highest BCUT2D eigenvalue weighted by molar-refractivity contribution is 6.33. The highest BCUT2D eigenvalue weighted by atomic mass is 35.5. The normalized spacial score (nSPS) is 15.5. The zero-order valence-corrected chi connectivity index (χ0v) is 12.4. The second-order valence-corrected chi connectivity index (χ2v) is 5.55. The molecule has 1 saturated carbocycles. The maximum atomic E-state index is 11.8. The van der Waals surface area contributed by atoms with Gasteiger partial charge in [0.05, 0.1) is 10.6 Å². The van der Waals surface area contributed by atoms with E-state index in [2.05, 4.69) is 5.32 Å². The number of carboxylic acid groups (broad SMARTS) is 1. The smallest absolute Gasteiger partial charge is 0.337 e. The zero-order chi connectivity index (χ0) is 15.2. The van der Waals surface area contributed by atoms with E-state index in [1.54, 1.807) is 6.07 Å². The van der Waals surface area contributed by atoms with Crippen molar-refractivity contribution in [1.29, 1.82) is 0 Å². The maximum Gasteiger partial charge on any atom is 0.337 e. The Morgan fingerprint density at radius 1 is 1.29 bits per heavy atom.